The van der Waals surface area contributed by atoms with Gasteiger partial charge in [-0.3, -0.25) is 4.79 Å². The maximum atomic E-state index is 12.5. The normalized spacial score (nSPS) is 13.3. The maximum absolute atomic E-state index is 12.5. The number of unbranched alkanes of at least 4 members (excludes halogenated alkanes) is 1. The SMILES string of the molecule is CCCCC(Sc1ccccc1)C(=O)C(C)(C)C. The third-order valence-electron chi connectivity index (χ3n) is 2.87. The van der Waals surface area contributed by atoms with E-state index >= 15 is 0 Å². The molecule has 1 atom stereocenters. The first-order valence-electron chi connectivity index (χ1n) is 6.71. The Labute approximate surface area is 115 Å². The van der Waals surface area contributed by atoms with E-state index in [1.54, 1.807) is 11.8 Å². The van der Waals surface area contributed by atoms with E-state index in [0.29, 0.717) is 5.78 Å². The first kappa shape index (κ1) is 15.3. The number of ketones is 1. The van der Waals surface area contributed by atoms with Crippen LogP contribution < -0.4 is 0 Å². The second-order valence-electron chi connectivity index (χ2n) is 5.68. The van der Waals surface area contributed by atoms with Crippen LogP contribution in [0.4, 0.5) is 0 Å². The van der Waals surface area contributed by atoms with Gasteiger partial charge in [0.1, 0.15) is 0 Å². The zero-order valence-electron chi connectivity index (χ0n) is 11.9. The number of benzene rings is 1. The summed E-state index contributed by atoms with van der Waals surface area (Å²) in [5.41, 5.74) is -0.250. The molecule has 0 spiro atoms. The summed E-state index contributed by atoms with van der Waals surface area (Å²) < 4.78 is 0. The Morgan fingerprint density at radius 2 is 1.83 bits per heavy atom. The van der Waals surface area contributed by atoms with Crippen molar-refractivity contribution in [1.82, 2.24) is 0 Å². The lowest BCUT2D eigenvalue weighted by atomic mass is 9.87. The third kappa shape index (κ3) is 4.85. The van der Waals surface area contributed by atoms with Crippen molar-refractivity contribution in [3.8, 4) is 0 Å². The van der Waals surface area contributed by atoms with Gasteiger partial charge in [-0.15, -0.1) is 11.8 Å². The molecule has 1 unspecified atom stereocenters. The van der Waals surface area contributed by atoms with Crippen LogP contribution in [0.5, 0.6) is 0 Å². The average molecular weight is 264 g/mol. The standard InChI is InChI=1S/C16H24OS/c1-5-6-12-14(15(17)16(2,3)4)18-13-10-8-7-9-11-13/h7-11,14H,5-6,12H2,1-4H3. The Hall–Kier alpha value is -0.760. The van der Waals surface area contributed by atoms with Gasteiger partial charge in [0.05, 0.1) is 5.25 Å². The van der Waals surface area contributed by atoms with Crippen LogP contribution in [-0.4, -0.2) is 11.0 Å². The van der Waals surface area contributed by atoms with Crippen LogP contribution in [0.25, 0.3) is 0 Å². The lowest BCUT2D eigenvalue weighted by Crippen LogP contribution is -2.30. The lowest BCUT2D eigenvalue weighted by molar-refractivity contribution is -0.125. The molecule has 0 aromatic heterocycles. The zero-order valence-corrected chi connectivity index (χ0v) is 12.7. The van der Waals surface area contributed by atoms with Crippen molar-refractivity contribution >= 4 is 17.5 Å². The van der Waals surface area contributed by atoms with Crippen molar-refractivity contribution < 1.29 is 4.79 Å². The predicted octanol–water partition coefficient (Wildman–Crippen LogP) is 4.95. The summed E-state index contributed by atoms with van der Waals surface area (Å²) in [4.78, 5) is 13.6. The van der Waals surface area contributed by atoms with Gasteiger partial charge in [0, 0.05) is 10.3 Å². The molecule has 2 heteroatoms. The molecular weight excluding hydrogens is 240 g/mol. The van der Waals surface area contributed by atoms with E-state index in [1.165, 1.54) is 4.90 Å². The highest BCUT2D eigenvalue weighted by atomic mass is 32.2. The summed E-state index contributed by atoms with van der Waals surface area (Å²) in [6.07, 6.45) is 3.24. The summed E-state index contributed by atoms with van der Waals surface area (Å²) in [6.45, 7) is 8.21. The monoisotopic (exact) mass is 264 g/mol. The van der Waals surface area contributed by atoms with Crippen LogP contribution in [0.3, 0.4) is 0 Å². The van der Waals surface area contributed by atoms with Gasteiger partial charge in [-0.05, 0) is 18.6 Å². The van der Waals surface area contributed by atoms with Crippen molar-refractivity contribution in [2.45, 2.75) is 57.1 Å². The fourth-order valence-corrected chi connectivity index (χ4v) is 3.17. The summed E-state index contributed by atoms with van der Waals surface area (Å²) >= 11 is 1.71. The van der Waals surface area contributed by atoms with E-state index in [0.717, 1.165) is 19.3 Å². The van der Waals surface area contributed by atoms with Gasteiger partial charge < -0.3 is 0 Å². The van der Waals surface area contributed by atoms with E-state index in [4.69, 9.17) is 0 Å². The Bertz CT molecular complexity index is 364. The number of hydrogen-bond donors (Lipinski definition) is 0. The number of carbonyl (C=O) groups is 1. The summed E-state index contributed by atoms with van der Waals surface area (Å²) in [7, 11) is 0. The molecule has 0 fully saturated rings. The molecule has 0 amide bonds. The molecule has 18 heavy (non-hydrogen) atoms. The third-order valence-corrected chi connectivity index (χ3v) is 4.15. The Morgan fingerprint density at radius 3 is 2.33 bits per heavy atom. The minimum absolute atomic E-state index is 0.0901. The fraction of sp³-hybridized carbons (Fsp3) is 0.562. The molecule has 0 saturated heterocycles. The Balaban J connectivity index is 2.76. The number of hydrogen-bond acceptors (Lipinski definition) is 2. The van der Waals surface area contributed by atoms with Gasteiger partial charge in [-0.25, -0.2) is 0 Å². The van der Waals surface area contributed by atoms with Crippen molar-refractivity contribution in [1.29, 1.82) is 0 Å². The molecule has 1 aromatic carbocycles. The minimum Gasteiger partial charge on any atom is -0.298 e. The molecule has 0 heterocycles. The predicted molar refractivity (Wildman–Crippen MR) is 80.1 cm³/mol. The van der Waals surface area contributed by atoms with Crippen molar-refractivity contribution in [2.24, 2.45) is 5.41 Å². The topological polar surface area (TPSA) is 17.1 Å². The molecule has 0 aliphatic rings. The fourth-order valence-electron chi connectivity index (χ4n) is 1.78. The number of rotatable bonds is 6. The number of thioether (sulfide) groups is 1. The van der Waals surface area contributed by atoms with Crippen LogP contribution in [0.15, 0.2) is 35.2 Å². The first-order chi connectivity index (χ1) is 8.45. The Morgan fingerprint density at radius 1 is 1.22 bits per heavy atom. The molecule has 0 radical (unpaired) electrons. The number of carbonyl (C=O) groups excluding carboxylic acids is 1. The van der Waals surface area contributed by atoms with Crippen molar-refractivity contribution in [3.05, 3.63) is 30.3 Å². The summed E-state index contributed by atoms with van der Waals surface area (Å²) in [5.74, 6) is 0.366. The molecule has 0 aliphatic heterocycles. The molecule has 1 rings (SSSR count). The van der Waals surface area contributed by atoms with Crippen LogP contribution in [0.1, 0.15) is 47.0 Å². The molecule has 0 bridgehead atoms. The van der Waals surface area contributed by atoms with Crippen molar-refractivity contribution in [2.75, 3.05) is 0 Å². The van der Waals surface area contributed by atoms with E-state index in [1.807, 2.05) is 39.0 Å². The van der Waals surface area contributed by atoms with Crippen LogP contribution in [0.2, 0.25) is 0 Å². The molecule has 1 nitrogen and oxygen atoms in total. The first-order valence-corrected chi connectivity index (χ1v) is 7.59. The quantitative estimate of drug-likeness (QED) is 0.676. The van der Waals surface area contributed by atoms with Gasteiger partial charge in [-0.1, -0.05) is 58.7 Å². The van der Waals surface area contributed by atoms with E-state index in [9.17, 15) is 4.79 Å². The van der Waals surface area contributed by atoms with Crippen LogP contribution in [0, 0.1) is 5.41 Å². The van der Waals surface area contributed by atoms with Gasteiger partial charge in [0.15, 0.2) is 5.78 Å². The van der Waals surface area contributed by atoms with E-state index in [2.05, 4.69) is 19.1 Å². The zero-order chi connectivity index (χ0) is 13.6. The highest BCUT2D eigenvalue weighted by Gasteiger charge is 2.29. The molecule has 0 N–H and O–H groups in total. The van der Waals surface area contributed by atoms with Crippen molar-refractivity contribution in [3.63, 3.8) is 0 Å². The summed E-state index contributed by atoms with van der Waals surface area (Å²) in [5, 5.41) is 0.0901. The molecule has 0 aliphatic carbocycles. The maximum Gasteiger partial charge on any atom is 0.151 e. The number of Topliss-reactive ketones (excluding diaryl/α,β-unsaturated/α-hetero) is 1. The minimum atomic E-state index is -0.250. The molecular formula is C16H24OS. The van der Waals surface area contributed by atoms with Crippen LogP contribution in [-0.2, 0) is 4.79 Å². The van der Waals surface area contributed by atoms with Crippen LogP contribution >= 0.6 is 11.8 Å². The summed E-state index contributed by atoms with van der Waals surface area (Å²) in [6, 6.07) is 10.2. The van der Waals surface area contributed by atoms with Gasteiger partial charge in [0.2, 0.25) is 0 Å². The Kier molecular flexibility index (Phi) is 5.94. The molecule has 100 valence electrons. The lowest BCUT2D eigenvalue weighted by Gasteiger charge is -2.24. The van der Waals surface area contributed by atoms with Gasteiger partial charge >= 0.3 is 0 Å². The van der Waals surface area contributed by atoms with E-state index < -0.39 is 0 Å². The highest BCUT2D eigenvalue weighted by molar-refractivity contribution is 8.00. The highest BCUT2D eigenvalue weighted by Crippen LogP contribution is 2.32. The molecule has 1 aromatic rings. The average Bonchev–Trinajstić information content (AvgIpc) is 2.33. The van der Waals surface area contributed by atoms with E-state index in [-0.39, 0.29) is 10.7 Å². The van der Waals surface area contributed by atoms with Gasteiger partial charge in [-0.2, -0.15) is 0 Å². The van der Waals surface area contributed by atoms with Gasteiger partial charge in [0.25, 0.3) is 0 Å². The second-order valence-corrected chi connectivity index (χ2v) is 6.95. The largest absolute Gasteiger partial charge is 0.298 e. The smallest absolute Gasteiger partial charge is 0.151 e. The molecule has 0 saturated carbocycles. The second kappa shape index (κ2) is 6.98.